The maximum Gasteiger partial charge on any atom is 0.137 e. The normalized spacial score (nSPS) is 19.1. The minimum Gasteiger partial charge on any atom is -0.388 e. The molecule has 0 bridgehead atoms. The van der Waals surface area contributed by atoms with E-state index in [1.807, 2.05) is 0 Å². The summed E-state index contributed by atoms with van der Waals surface area (Å²) in [5.74, 6) is 0.0245. The van der Waals surface area contributed by atoms with E-state index in [-0.39, 0.29) is 5.82 Å². The molecule has 0 heterocycles. The van der Waals surface area contributed by atoms with Crippen LogP contribution in [0.2, 0.25) is 0 Å². The van der Waals surface area contributed by atoms with E-state index >= 15 is 0 Å². The molecule has 1 nitrogen and oxygen atoms in total. The van der Waals surface area contributed by atoms with E-state index < -0.39 is 6.10 Å². The van der Waals surface area contributed by atoms with E-state index in [0.29, 0.717) is 16.0 Å². The molecule has 0 aromatic heterocycles. The van der Waals surface area contributed by atoms with Gasteiger partial charge in [0.25, 0.3) is 0 Å². The van der Waals surface area contributed by atoms with Crippen molar-refractivity contribution in [1.29, 1.82) is 0 Å². The van der Waals surface area contributed by atoms with Gasteiger partial charge in [-0.1, -0.05) is 12.5 Å². The van der Waals surface area contributed by atoms with Crippen molar-refractivity contribution in [2.75, 3.05) is 0 Å². The van der Waals surface area contributed by atoms with E-state index in [4.69, 9.17) is 0 Å². The molecule has 1 N–H and O–H groups in total. The van der Waals surface area contributed by atoms with Crippen LogP contribution in [0, 0.1) is 11.7 Å². The van der Waals surface area contributed by atoms with Gasteiger partial charge in [0.1, 0.15) is 5.82 Å². The molecule has 1 fully saturated rings. The summed E-state index contributed by atoms with van der Waals surface area (Å²) >= 11 is 3.09. The fourth-order valence-electron chi connectivity index (χ4n) is 1.72. The van der Waals surface area contributed by atoms with Gasteiger partial charge in [-0.05, 0) is 52.4 Å². The Morgan fingerprint density at radius 1 is 1.43 bits per heavy atom. The lowest BCUT2D eigenvalue weighted by Crippen LogP contribution is -2.20. The lowest BCUT2D eigenvalue weighted by molar-refractivity contribution is 0.0618. The molecular formula is C11H12BrFO. The van der Waals surface area contributed by atoms with Crippen LogP contribution in [0.15, 0.2) is 22.7 Å². The first-order valence-electron chi connectivity index (χ1n) is 4.81. The molecule has 2 rings (SSSR count). The van der Waals surface area contributed by atoms with Gasteiger partial charge in [0.05, 0.1) is 10.6 Å². The lowest BCUT2D eigenvalue weighted by atomic mass is 9.79. The fraction of sp³-hybridized carbons (Fsp3) is 0.455. The third-order valence-corrected chi connectivity index (χ3v) is 3.52. The van der Waals surface area contributed by atoms with Crippen molar-refractivity contribution in [3.05, 3.63) is 34.1 Å². The second-order valence-corrected chi connectivity index (χ2v) is 4.66. The first-order chi connectivity index (χ1) is 6.68. The second-order valence-electron chi connectivity index (χ2n) is 3.81. The van der Waals surface area contributed by atoms with Crippen LogP contribution in [-0.2, 0) is 0 Å². The highest BCUT2D eigenvalue weighted by Gasteiger charge is 2.26. The van der Waals surface area contributed by atoms with Crippen LogP contribution in [0.25, 0.3) is 0 Å². The minimum atomic E-state index is -0.494. The van der Waals surface area contributed by atoms with Crippen molar-refractivity contribution < 1.29 is 9.50 Å². The molecule has 0 radical (unpaired) electrons. The average molecular weight is 259 g/mol. The molecule has 14 heavy (non-hydrogen) atoms. The molecule has 0 saturated heterocycles. The van der Waals surface area contributed by atoms with Crippen molar-refractivity contribution >= 4 is 15.9 Å². The maximum atomic E-state index is 13.2. The molecule has 1 unspecified atom stereocenters. The van der Waals surface area contributed by atoms with E-state index in [9.17, 15) is 9.50 Å². The number of hydrogen-bond donors (Lipinski definition) is 1. The van der Waals surface area contributed by atoms with Crippen LogP contribution in [0.5, 0.6) is 0 Å². The summed E-state index contributed by atoms with van der Waals surface area (Å²) < 4.78 is 13.6. The van der Waals surface area contributed by atoms with Crippen LogP contribution in [0.3, 0.4) is 0 Å². The summed E-state index contributed by atoms with van der Waals surface area (Å²) in [5.41, 5.74) is 0.690. The summed E-state index contributed by atoms with van der Waals surface area (Å²) in [6.07, 6.45) is 2.80. The van der Waals surface area contributed by atoms with Gasteiger partial charge in [-0.25, -0.2) is 4.39 Å². The van der Waals surface area contributed by atoms with Crippen LogP contribution < -0.4 is 0 Å². The molecule has 1 aromatic carbocycles. The molecule has 3 heteroatoms. The molecule has 1 aromatic rings. The summed E-state index contributed by atoms with van der Waals surface area (Å²) in [7, 11) is 0. The van der Waals surface area contributed by atoms with E-state index in [1.54, 1.807) is 12.1 Å². The highest BCUT2D eigenvalue weighted by Crippen LogP contribution is 2.38. The Hall–Kier alpha value is -0.410. The number of aliphatic hydroxyl groups excluding tert-OH is 1. The standard InChI is InChI=1S/C11H12BrFO/c12-9-5-4-8(6-10(9)13)11(14)7-2-1-3-7/h4-7,11,14H,1-3H2. The Morgan fingerprint density at radius 2 is 2.14 bits per heavy atom. The van der Waals surface area contributed by atoms with Crippen molar-refractivity contribution in [1.82, 2.24) is 0 Å². The van der Waals surface area contributed by atoms with E-state index in [0.717, 1.165) is 12.8 Å². The Labute approximate surface area is 91.1 Å². The topological polar surface area (TPSA) is 20.2 Å². The van der Waals surface area contributed by atoms with Crippen LogP contribution >= 0.6 is 15.9 Å². The monoisotopic (exact) mass is 258 g/mol. The van der Waals surface area contributed by atoms with Gasteiger partial charge in [-0.2, -0.15) is 0 Å². The first-order valence-corrected chi connectivity index (χ1v) is 5.61. The highest BCUT2D eigenvalue weighted by molar-refractivity contribution is 9.10. The highest BCUT2D eigenvalue weighted by atomic mass is 79.9. The Morgan fingerprint density at radius 3 is 2.64 bits per heavy atom. The second kappa shape index (κ2) is 3.99. The van der Waals surface area contributed by atoms with Crippen LogP contribution in [0.1, 0.15) is 30.9 Å². The third-order valence-electron chi connectivity index (χ3n) is 2.88. The van der Waals surface area contributed by atoms with Gasteiger partial charge in [0.15, 0.2) is 0 Å². The van der Waals surface area contributed by atoms with Crippen molar-refractivity contribution in [3.8, 4) is 0 Å². The van der Waals surface area contributed by atoms with Gasteiger partial charge in [0, 0.05) is 0 Å². The molecule has 0 spiro atoms. The van der Waals surface area contributed by atoms with E-state index in [2.05, 4.69) is 15.9 Å². The zero-order valence-corrected chi connectivity index (χ0v) is 9.30. The van der Waals surface area contributed by atoms with Crippen molar-refractivity contribution in [2.45, 2.75) is 25.4 Å². The SMILES string of the molecule is OC(c1ccc(Br)c(F)c1)C1CCC1. The summed E-state index contributed by atoms with van der Waals surface area (Å²) in [5, 5.41) is 9.87. The molecule has 76 valence electrons. The molecule has 0 aliphatic heterocycles. The van der Waals surface area contributed by atoms with E-state index in [1.165, 1.54) is 12.5 Å². The molecule has 1 saturated carbocycles. The number of hydrogen-bond acceptors (Lipinski definition) is 1. The van der Waals surface area contributed by atoms with Crippen molar-refractivity contribution in [2.24, 2.45) is 5.92 Å². The Balaban J connectivity index is 2.18. The van der Waals surface area contributed by atoms with Crippen molar-refractivity contribution in [3.63, 3.8) is 0 Å². The third kappa shape index (κ3) is 1.84. The summed E-state index contributed by atoms with van der Waals surface area (Å²) in [6.45, 7) is 0. The van der Waals surface area contributed by atoms with Gasteiger partial charge < -0.3 is 5.11 Å². The lowest BCUT2D eigenvalue weighted by Gasteiger charge is -2.30. The molecule has 1 atom stereocenters. The minimum absolute atomic E-state index is 0.305. The first kappa shape index (κ1) is 10.1. The summed E-state index contributed by atoms with van der Waals surface area (Å²) in [4.78, 5) is 0. The predicted octanol–water partition coefficient (Wildman–Crippen LogP) is 3.42. The van der Waals surface area contributed by atoms with Crippen LogP contribution in [-0.4, -0.2) is 5.11 Å². The maximum absolute atomic E-state index is 13.2. The summed E-state index contributed by atoms with van der Waals surface area (Å²) in [6, 6.07) is 4.83. The quantitative estimate of drug-likeness (QED) is 0.862. The Kier molecular flexibility index (Phi) is 2.88. The largest absolute Gasteiger partial charge is 0.388 e. The number of rotatable bonds is 2. The van der Waals surface area contributed by atoms with Crippen LogP contribution in [0.4, 0.5) is 4.39 Å². The van der Waals surface area contributed by atoms with Gasteiger partial charge in [-0.3, -0.25) is 0 Å². The molecule has 0 amide bonds. The zero-order chi connectivity index (χ0) is 10.1. The molecular weight excluding hydrogens is 247 g/mol. The average Bonchev–Trinajstić information content (AvgIpc) is 2.06. The molecule has 1 aliphatic carbocycles. The number of benzene rings is 1. The fourth-order valence-corrected chi connectivity index (χ4v) is 1.97. The van der Waals surface area contributed by atoms with Gasteiger partial charge in [-0.15, -0.1) is 0 Å². The van der Waals surface area contributed by atoms with Gasteiger partial charge in [0.2, 0.25) is 0 Å². The smallest absolute Gasteiger partial charge is 0.137 e. The Bertz CT molecular complexity index is 336. The zero-order valence-electron chi connectivity index (χ0n) is 7.71. The number of halogens is 2. The van der Waals surface area contributed by atoms with Gasteiger partial charge >= 0.3 is 0 Å². The predicted molar refractivity (Wildman–Crippen MR) is 56.4 cm³/mol. The number of aliphatic hydroxyl groups is 1. The molecule has 1 aliphatic rings.